The Kier molecular flexibility index (Phi) is 6.16. The zero-order valence-electron chi connectivity index (χ0n) is 9.76. The van der Waals surface area contributed by atoms with Gasteiger partial charge in [-0.3, -0.25) is 4.79 Å². The summed E-state index contributed by atoms with van der Waals surface area (Å²) in [5, 5.41) is 17.8. The van der Waals surface area contributed by atoms with Gasteiger partial charge in [0.2, 0.25) is 5.91 Å². The number of rotatable bonds is 5. The van der Waals surface area contributed by atoms with Gasteiger partial charge in [0.05, 0.1) is 18.5 Å². The molecule has 0 bridgehead atoms. The second kappa shape index (κ2) is 7.14. The average Bonchev–Trinajstić information content (AvgIpc) is 2.29. The highest BCUT2D eigenvalue weighted by atomic mass is 32.2. The minimum absolute atomic E-state index is 0.155. The van der Waals surface area contributed by atoms with Crippen LogP contribution in [-0.4, -0.2) is 57.8 Å². The highest BCUT2D eigenvalue weighted by molar-refractivity contribution is 7.99. The Labute approximate surface area is 101 Å². The maximum atomic E-state index is 11.8. The lowest BCUT2D eigenvalue weighted by molar-refractivity contribution is -0.131. The third kappa shape index (κ3) is 4.31. The van der Waals surface area contributed by atoms with Gasteiger partial charge < -0.3 is 15.1 Å². The molecule has 0 aromatic heterocycles. The Morgan fingerprint density at radius 2 is 2.31 bits per heavy atom. The summed E-state index contributed by atoms with van der Waals surface area (Å²) in [6.45, 7) is 2.72. The summed E-state index contributed by atoms with van der Waals surface area (Å²) in [7, 11) is 0. The molecule has 2 unspecified atom stereocenters. The molecule has 1 aliphatic rings. The van der Waals surface area contributed by atoms with E-state index in [1.165, 1.54) is 18.2 Å². The molecule has 94 valence electrons. The van der Waals surface area contributed by atoms with Crippen LogP contribution in [0.4, 0.5) is 0 Å². The van der Waals surface area contributed by atoms with Crippen molar-refractivity contribution >= 4 is 17.7 Å². The SMILES string of the molecule is CC1CCCCN1C(=O)CSCC(O)CO. The molecule has 1 aliphatic heterocycles. The van der Waals surface area contributed by atoms with Crippen molar-refractivity contribution in [3.63, 3.8) is 0 Å². The third-order valence-corrected chi connectivity index (χ3v) is 3.94. The van der Waals surface area contributed by atoms with Crippen molar-refractivity contribution in [2.75, 3.05) is 24.7 Å². The smallest absolute Gasteiger partial charge is 0.232 e. The van der Waals surface area contributed by atoms with E-state index in [1.54, 1.807) is 0 Å². The maximum absolute atomic E-state index is 11.8. The Morgan fingerprint density at radius 3 is 2.94 bits per heavy atom. The standard InChI is InChI=1S/C11H21NO3S/c1-9-4-2-3-5-12(9)11(15)8-16-7-10(14)6-13/h9-10,13-14H,2-8H2,1H3. The zero-order chi connectivity index (χ0) is 12.0. The van der Waals surface area contributed by atoms with E-state index in [4.69, 9.17) is 10.2 Å². The quantitative estimate of drug-likeness (QED) is 0.741. The molecule has 4 nitrogen and oxygen atoms in total. The van der Waals surface area contributed by atoms with Crippen LogP contribution in [0.25, 0.3) is 0 Å². The monoisotopic (exact) mass is 247 g/mol. The van der Waals surface area contributed by atoms with E-state index in [1.807, 2.05) is 4.90 Å². The minimum Gasteiger partial charge on any atom is -0.394 e. The van der Waals surface area contributed by atoms with Gasteiger partial charge in [-0.05, 0) is 26.2 Å². The Morgan fingerprint density at radius 1 is 1.56 bits per heavy atom. The fraction of sp³-hybridized carbons (Fsp3) is 0.909. The minimum atomic E-state index is -0.712. The first kappa shape index (κ1) is 13.8. The molecule has 5 heteroatoms. The average molecular weight is 247 g/mol. The number of nitrogens with zero attached hydrogens (tertiary/aromatic N) is 1. The van der Waals surface area contributed by atoms with Gasteiger partial charge in [-0.2, -0.15) is 0 Å². The molecule has 1 saturated heterocycles. The van der Waals surface area contributed by atoms with Gasteiger partial charge in [0.15, 0.2) is 0 Å². The van der Waals surface area contributed by atoms with Gasteiger partial charge in [0, 0.05) is 18.3 Å². The largest absolute Gasteiger partial charge is 0.394 e. The van der Waals surface area contributed by atoms with Crippen LogP contribution in [0.1, 0.15) is 26.2 Å². The summed E-state index contributed by atoms with van der Waals surface area (Å²) >= 11 is 1.39. The number of aliphatic hydroxyl groups excluding tert-OH is 2. The molecule has 0 spiro atoms. The first-order chi connectivity index (χ1) is 7.65. The topological polar surface area (TPSA) is 60.8 Å². The number of piperidine rings is 1. The van der Waals surface area contributed by atoms with Crippen molar-refractivity contribution in [1.29, 1.82) is 0 Å². The number of likely N-dealkylation sites (tertiary alicyclic amines) is 1. The lowest BCUT2D eigenvalue weighted by atomic mass is 10.0. The van der Waals surface area contributed by atoms with Crippen molar-refractivity contribution in [3.8, 4) is 0 Å². The molecule has 0 aliphatic carbocycles. The van der Waals surface area contributed by atoms with E-state index >= 15 is 0 Å². The molecule has 0 aromatic carbocycles. The van der Waals surface area contributed by atoms with Crippen LogP contribution in [0, 0.1) is 0 Å². The number of thioether (sulfide) groups is 1. The Hall–Kier alpha value is -0.260. The number of carbonyl (C=O) groups excluding carboxylic acids is 1. The van der Waals surface area contributed by atoms with Crippen LogP contribution in [0.5, 0.6) is 0 Å². The molecular weight excluding hydrogens is 226 g/mol. The molecule has 2 N–H and O–H groups in total. The zero-order valence-corrected chi connectivity index (χ0v) is 10.6. The second-order valence-electron chi connectivity index (χ2n) is 4.28. The van der Waals surface area contributed by atoms with Crippen LogP contribution < -0.4 is 0 Å². The van der Waals surface area contributed by atoms with E-state index < -0.39 is 6.10 Å². The Bertz CT molecular complexity index is 225. The fourth-order valence-electron chi connectivity index (χ4n) is 1.89. The molecule has 1 rings (SSSR count). The van der Waals surface area contributed by atoms with E-state index in [0.717, 1.165) is 19.4 Å². The highest BCUT2D eigenvalue weighted by Gasteiger charge is 2.22. The number of aliphatic hydroxyl groups is 2. The number of hydrogen-bond acceptors (Lipinski definition) is 4. The maximum Gasteiger partial charge on any atom is 0.232 e. The highest BCUT2D eigenvalue weighted by Crippen LogP contribution is 2.17. The lowest BCUT2D eigenvalue weighted by Crippen LogP contribution is -2.43. The molecule has 16 heavy (non-hydrogen) atoms. The van der Waals surface area contributed by atoms with Crippen molar-refractivity contribution in [2.45, 2.75) is 38.3 Å². The normalized spacial score (nSPS) is 23.2. The van der Waals surface area contributed by atoms with Crippen molar-refractivity contribution in [2.24, 2.45) is 0 Å². The summed E-state index contributed by atoms with van der Waals surface area (Å²) < 4.78 is 0. The second-order valence-corrected chi connectivity index (χ2v) is 5.31. The van der Waals surface area contributed by atoms with Crippen LogP contribution in [-0.2, 0) is 4.79 Å². The van der Waals surface area contributed by atoms with Crippen molar-refractivity contribution in [1.82, 2.24) is 4.90 Å². The molecule has 1 fully saturated rings. The molecule has 0 aromatic rings. The predicted octanol–water partition coefficient (Wildman–Crippen LogP) is 0.474. The summed E-state index contributed by atoms with van der Waals surface area (Å²) in [5.41, 5.74) is 0. The van der Waals surface area contributed by atoms with Crippen LogP contribution in [0.3, 0.4) is 0 Å². The molecule has 2 atom stereocenters. The summed E-state index contributed by atoms with van der Waals surface area (Å²) in [6, 6.07) is 0.351. The molecule has 0 saturated carbocycles. The molecule has 1 amide bonds. The van der Waals surface area contributed by atoms with E-state index in [0.29, 0.717) is 17.5 Å². The van der Waals surface area contributed by atoms with E-state index in [-0.39, 0.29) is 12.5 Å². The lowest BCUT2D eigenvalue weighted by Gasteiger charge is -2.33. The van der Waals surface area contributed by atoms with Gasteiger partial charge >= 0.3 is 0 Å². The van der Waals surface area contributed by atoms with Gasteiger partial charge in [0.25, 0.3) is 0 Å². The van der Waals surface area contributed by atoms with Gasteiger partial charge in [-0.15, -0.1) is 11.8 Å². The number of hydrogen-bond donors (Lipinski definition) is 2. The Balaban J connectivity index is 2.23. The molecular formula is C11H21NO3S. The van der Waals surface area contributed by atoms with Crippen LogP contribution >= 0.6 is 11.8 Å². The first-order valence-electron chi connectivity index (χ1n) is 5.81. The summed E-state index contributed by atoms with van der Waals surface area (Å²) in [4.78, 5) is 13.8. The number of carbonyl (C=O) groups is 1. The third-order valence-electron chi connectivity index (χ3n) is 2.87. The van der Waals surface area contributed by atoms with Gasteiger partial charge in [-0.1, -0.05) is 0 Å². The first-order valence-corrected chi connectivity index (χ1v) is 6.96. The van der Waals surface area contributed by atoms with E-state index in [9.17, 15) is 4.79 Å². The summed E-state index contributed by atoms with van der Waals surface area (Å²) in [6.07, 6.45) is 2.69. The molecule has 1 heterocycles. The van der Waals surface area contributed by atoms with Crippen molar-refractivity contribution < 1.29 is 15.0 Å². The van der Waals surface area contributed by atoms with Crippen LogP contribution in [0.2, 0.25) is 0 Å². The summed E-state index contributed by atoms with van der Waals surface area (Å²) in [5.74, 6) is 0.980. The van der Waals surface area contributed by atoms with Gasteiger partial charge in [-0.25, -0.2) is 0 Å². The predicted molar refractivity (Wildman–Crippen MR) is 65.4 cm³/mol. The van der Waals surface area contributed by atoms with Crippen molar-refractivity contribution in [3.05, 3.63) is 0 Å². The number of amides is 1. The van der Waals surface area contributed by atoms with E-state index in [2.05, 4.69) is 6.92 Å². The van der Waals surface area contributed by atoms with Crippen LogP contribution in [0.15, 0.2) is 0 Å². The fourth-order valence-corrected chi connectivity index (χ4v) is 2.72. The molecule has 0 radical (unpaired) electrons. The van der Waals surface area contributed by atoms with Gasteiger partial charge in [0.1, 0.15) is 0 Å².